The number of carbonyl (C=O) groups is 2. The zero-order valence-electron chi connectivity index (χ0n) is 11.8. The van der Waals surface area contributed by atoms with Crippen LogP contribution in [0.3, 0.4) is 0 Å². The molecule has 0 saturated carbocycles. The van der Waals surface area contributed by atoms with Crippen LogP contribution in [0.15, 0.2) is 17.5 Å². The van der Waals surface area contributed by atoms with Gasteiger partial charge in [-0.25, -0.2) is 0 Å². The maximum absolute atomic E-state index is 11.9. The number of nitrogens with one attached hydrogen (secondary N) is 1. The average molecular weight is 298 g/mol. The summed E-state index contributed by atoms with van der Waals surface area (Å²) >= 11 is 1.37. The second-order valence-corrected chi connectivity index (χ2v) is 5.57. The van der Waals surface area contributed by atoms with Crippen LogP contribution >= 0.6 is 11.3 Å². The Morgan fingerprint density at radius 2 is 2.05 bits per heavy atom. The van der Waals surface area contributed by atoms with Crippen LogP contribution in [-0.4, -0.2) is 48.6 Å². The van der Waals surface area contributed by atoms with E-state index in [1.807, 2.05) is 11.4 Å². The van der Waals surface area contributed by atoms with E-state index in [1.165, 1.54) is 16.2 Å². The van der Waals surface area contributed by atoms with Gasteiger partial charge in [0.05, 0.1) is 11.4 Å². The monoisotopic (exact) mass is 298 g/mol. The molecule has 1 rings (SSSR count). The molecule has 0 atom stereocenters. The highest BCUT2D eigenvalue weighted by atomic mass is 32.1. The van der Waals surface area contributed by atoms with E-state index in [1.54, 1.807) is 13.1 Å². The summed E-state index contributed by atoms with van der Waals surface area (Å²) in [7, 11) is 1.63. The quantitative estimate of drug-likeness (QED) is 0.679. The lowest BCUT2D eigenvalue weighted by atomic mass is 10.2. The Labute approximate surface area is 123 Å². The number of amides is 2. The van der Waals surface area contributed by atoms with Crippen LogP contribution in [0.2, 0.25) is 0 Å². The van der Waals surface area contributed by atoms with Gasteiger partial charge in [0.15, 0.2) is 0 Å². The fourth-order valence-electron chi connectivity index (χ4n) is 1.75. The van der Waals surface area contributed by atoms with Crippen molar-refractivity contribution in [2.24, 2.45) is 0 Å². The van der Waals surface area contributed by atoms with Crippen LogP contribution in [0.5, 0.6) is 0 Å². The number of hydrogen-bond acceptors (Lipinski definition) is 4. The highest BCUT2D eigenvalue weighted by Gasteiger charge is 2.15. The molecule has 2 N–H and O–H groups in total. The summed E-state index contributed by atoms with van der Waals surface area (Å²) in [6, 6.07) is 3.57. The number of thiophene rings is 1. The predicted molar refractivity (Wildman–Crippen MR) is 79.8 cm³/mol. The lowest BCUT2D eigenvalue weighted by Crippen LogP contribution is -2.38. The van der Waals surface area contributed by atoms with E-state index in [0.29, 0.717) is 11.4 Å². The van der Waals surface area contributed by atoms with Crippen molar-refractivity contribution in [3.8, 4) is 0 Å². The Bertz CT molecular complexity index is 407. The molecule has 0 saturated heterocycles. The van der Waals surface area contributed by atoms with Gasteiger partial charge in [0.2, 0.25) is 5.91 Å². The van der Waals surface area contributed by atoms with Crippen molar-refractivity contribution < 1.29 is 14.7 Å². The number of aliphatic hydroxyl groups is 1. The highest BCUT2D eigenvalue weighted by Crippen LogP contribution is 2.10. The Morgan fingerprint density at radius 1 is 1.30 bits per heavy atom. The molecule has 0 spiro atoms. The van der Waals surface area contributed by atoms with Crippen molar-refractivity contribution in [3.63, 3.8) is 0 Å². The maximum atomic E-state index is 11.9. The van der Waals surface area contributed by atoms with Crippen molar-refractivity contribution in [2.45, 2.75) is 25.7 Å². The van der Waals surface area contributed by atoms with Crippen LogP contribution in [0.25, 0.3) is 0 Å². The summed E-state index contributed by atoms with van der Waals surface area (Å²) in [5.41, 5.74) is 0. The molecule has 0 aliphatic carbocycles. The third kappa shape index (κ3) is 6.16. The molecule has 0 bridgehead atoms. The van der Waals surface area contributed by atoms with Gasteiger partial charge in [-0.05, 0) is 24.3 Å². The van der Waals surface area contributed by atoms with E-state index in [2.05, 4.69) is 5.32 Å². The van der Waals surface area contributed by atoms with Crippen LogP contribution in [-0.2, 0) is 4.79 Å². The molecule has 2 amide bonds. The summed E-state index contributed by atoms with van der Waals surface area (Å²) in [4.78, 5) is 25.7. The molecule has 5 nitrogen and oxygen atoms in total. The normalized spacial score (nSPS) is 10.3. The van der Waals surface area contributed by atoms with Crippen molar-refractivity contribution in [1.29, 1.82) is 0 Å². The number of nitrogens with zero attached hydrogens (tertiary/aromatic N) is 1. The summed E-state index contributed by atoms with van der Waals surface area (Å²) < 4.78 is 0. The van der Waals surface area contributed by atoms with Gasteiger partial charge in [-0.3, -0.25) is 9.59 Å². The SMILES string of the molecule is CN(CC(=O)NCCCCCCO)C(=O)c1cccs1. The average Bonchev–Trinajstić information content (AvgIpc) is 2.95. The number of hydrogen-bond donors (Lipinski definition) is 2. The number of aliphatic hydroxyl groups excluding tert-OH is 1. The Morgan fingerprint density at radius 3 is 2.70 bits per heavy atom. The third-order valence-corrected chi connectivity index (χ3v) is 3.72. The van der Waals surface area contributed by atoms with Crippen LogP contribution < -0.4 is 5.32 Å². The maximum Gasteiger partial charge on any atom is 0.264 e. The number of carbonyl (C=O) groups excluding carboxylic acids is 2. The summed E-state index contributed by atoms with van der Waals surface area (Å²) in [6.07, 6.45) is 3.67. The molecule has 1 aromatic heterocycles. The van der Waals surface area contributed by atoms with Gasteiger partial charge >= 0.3 is 0 Å². The lowest BCUT2D eigenvalue weighted by Gasteiger charge is -2.15. The minimum atomic E-state index is -0.139. The van der Waals surface area contributed by atoms with E-state index in [4.69, 9.17) is 5.11 Å². The fourth-order valence-corrected chi connectivity index (χ4v) is 2.47. The molecular formula is C14H22N2O3S. The van der Waals surface area contributed by atoms with Gasteiger partial charge in [-0.2, -0.15) is 0 Å². The Balaban J connectivity index is 2.17. The molecule has 20 heavy (non-hydrogen) atoms. The van der Waals surface area contributed by atoms with Gasteiger partial charge in [-0.1, -0.05) is 18.9 Å². The molecule has 1 heterocycles. The lowest BCUT2D eigenvalue weighted by molar-refractivity contribution is -0.121. The van der Waals surface area contributed by atoms with E-state index >= 15 is 0 Å². The van der Waals surface area contributed by atoms with Crippen LogP contribution in [0, 0.1) is 0 Å². The van der Waals surface area contributed by atoms with Crippen molar-refractivity contribution in [1.82, 2.24) is 10.2 Å². The second kappa shape index (κ2) is 9.50. The first-order valence-corrected chi connectivity index (χ1v) is 7.69. The smallest absolute Gasteiger partial charge is 0.264 e. The van der Waals surface area contributed by atoms with Gasteiger partial charge in [0, 0.05) is 20.2 Å². The first-order chi connectivity index (χ1) is 9.65. The van der Waals surface area contributed by atoms with Gasteiger partial charge in [0.25, 0.3) is 5.91 Å². The molecule has 1 aromatic rings. The third-order valence-electron chi connectivity index (χ3n) is 2.87. The molecule has 112 valence electrons. The molecule has 0 unspecified atom stereocenters. The zero-order valence-corrected chi connectivity index (χ0v) is 12.6. The van der Waals surface area contributed by atoms with Crippen molar-refractivity contribution >= 4 is 23.2 Å². The van der Waals surface area contributed by atoms with Gasteiger partial charge < -0.3 is 15.3 Å². The van der Waals surface area contributed by atoms with E-state index in [-0.39, 0.29) is 25.0 Å². The minimum absolute atomic E-state index is 0.0768. The zero-order chi connectivity index (χ0) is 14.8. The van der Waals surface area contributed by atoms with E-state index in [0.717, 1.165) is 25.7 Å². The summed E-state index contributed by atoms with van der Waals surface area (Å²) in [6.45, 7) is 0.917. The molecular weight excluding hydrogens is 276 g/mol. The number of rotatable bonds is 9. The van der Waals surface area contributed by atoms with Crippen LogP contribution in [0.4, 0.5) is 0 Å². The Kier molecular flexibility index (Phi) is 7.91. The topological polar surface area (TPSA) is 69.6 Å². The van der Waals surface area contributed by atoms with Crippen molar-refractivity contribution in [2.75, 3.05) is 26.7 Å². The molecule has 0 aromatic carbocycles. The predicted octanol–water partition coefficient (Wildman–Crippen LogP) is 1.49. The molecule has 6 heteroatoms. The van der Waals surface area contributed by atoms with E-state index < -0.39 is 0 Å². The first-order valence-electron chi connectivity index (χ1n) is 6.81. The molecule has 0 radical (unpaired) electrons. The number of unbranched alkanes of at least 4 members (excludes halogenated alkanes) is 3. The van der Waals surface area contributed by atoms with Crippen LogP contribution in [0.1, 0.15) is 35.4 Å². The standard InChI is InChI=1S/C14H22N2O3S/c1-16(14(19)12-7-6-10-20-12)11-13(18)15-8-4-2-3-5-9-17/h6-7,10,17H,2-5,8-9,11H2,1H3,(H,15,18). The van der Waals surface area contributed by atoms with E-state index in [9.17, 15) is 9.59 Å². The van der Waals surface area contributed by atoms with Gasteiger partial charge in [-0.15, -0.1) is 11.3 Å². The van der Waals surface area contributed by atoms with Gasteiger partial charge in [0.1, 0.15) is 0 Å². The molecule has 0 fully saturated rings. The Hall–Kier alpha value is -1.40. The second-order valence-electron chi connectivity index (χ2n) is 4.63. The highest BCUT2D eigenvalue weighted by molar-refractivity contribution is 7.12. The summed E-state index contributed by atoms with van der Waals surface area (Å²) in [5, 5.41) is 13.3. The molecule has 0 aliphatic heterocycles. The first kappa shape index (κ1) is 16.7. The molecule has 0 aliphatic rings. The minimum Gasteiger partial charge on any atom is -0.396 e. The van der Waals surface area contributed by atoms with Crippen molar-refractivity contribution in [3.05, 3.63) is 22.4 Å². The summed E-state index contributed by atoms with van der Waals surface area (Å²) in [5.74, 6) is -0.266. The fraction of sp³-hybridized carbons (Fsp3) is 0.571. The number of likely N-dealkylation sites (N-methyl/N-ethyl adjacent to an activating group) is 1. The largest absolute Gasteiger partial charge is 0.396 e.